The number of morpholine rings is 2. The number of benzene rings is 6. The van der Waals surface area contributed by atoms with E-state index in [0.717, 1.165) is 58.2 Å². The van der Waals surface area contributed by atoms with Crippen molar-refractivity contribution >= 4 is 108 Å². The highest BCUT2D eigenvalue weighted by molar-refractivity contribution is 7.27. The predicted molar refractivity (Wildman–Crippen MR) is 259 cm³/mol. The molecule has 2 N–H and O–H groups in total. The van der Waals surface area contributed by atoms with Crippen LogP contribution in [-0.4, -0.2) is 57.5 Å². The van der Waals surface area contributed by atoms with Gasteiger partial charge < -0.3 is 33.8 Å². The molecule has 2 fully saturated rings. The van der Waals surface area contributed by atoms with E-state index >= 15 is 0 Å². The molecular weight excluding hydrogens is 849 g/mol. The first-order valence-corrected chi connectivity index (χ1v) is 22.5. The van der Waals surface area contributed by atoms with Crippen molar-refractivity contribution in [3.8, 4) is 22.3 Å². The highest BCUT2D eigenvalue weighted by atomic mass is 32.1. The van der Waals surface area contributed by atoms with Gasteiger partial charge >= 0.3 is 0 Å². The topological polar surface area (TPSA) is 155 Å². The second-order valence-corrected chi connectivity index (χ2v) is 17.8. The summed E-state index contributed by atoms with van der Waals surface area (Å²) in [5, 5.41) is 16.6. The summed E-state index contributed by atoms with van der Waals surface area (Å²) >= 11 is 3.22. The molecule has 0 saturated carbocycles. The predicted octanol–water partition coefficient (Wildman–Crippen LogP) is 10.8. The summed E-state index contributed by atoms with van der Waals surface area (Å²) in [6.07, 6.45) is 0. The zero-order valence-electron chi connectivity index (χ0n) is 34.2. The number of nitrogens with two attached hydrogens (primary N) is 1. The molecule has 0 radical (unpaired) electrons. The first kappa shape index (κ1) is 39.7. The minimum atomic E-state index is -0.342. The van der Waals surface area contributed by atoms with Crippen LogP contribution in [0.15, 0.2) is 140 Å². The highest BCUT2D eigenvalue weighted by Gasteiger charge is 2.24. The van der Waals surface area contributed by atoms with Crippen LogP contribution < -0.4 is 26.4 Å². The molecule has 318 valence electrons. The molecule has 2 saturated heterocycles. The summed E-state index contributed by atoms with van der Waals surface area (Å²) in [5.41, 5.74) is 11.6. The van der Waals surface area contributed by atoms with Gasteiger partial charge in [-0.25, -0.2) is 0 Å². The van der Waals surface area contributed by atoms with Gasteiger partial charge in [0.2, 0.25) is 0 Å². The van der Waals surface area contributed by atoms with Crippen LogP contribution in [0.25, 0.3) is 84.5 Å². The van der Waals surface area contributed by atoms with Crippen LogP contribution in [0.5, 0.6) is 0 Å². The van der Waals surface area contributed by atoms with Gasteiger partial charge in [-0.2, -0.15) is 0 Å². The Morgan fingerprint density at radius 2 is 0.984 bits per heavy atom. The van der Waals surface area contributed by atoms with E-state index in [9.17, 15) is 19.7 Å². The number of nitro groups is 1. The van der Waals surface area contributed by atoms with Crippen LogP contribution >= 0.6 is 22.7 Å². The highest BCUT2D eigenvalue weighted by Crippen LogP contribution is 2.47. The number of nitrogens with zero attached hydrogens (tertiary/aromatic N) is 3. The smallest absolute Gasteiger partial charge is 0.278 e. The largest absolute Gasteiger partial charge is 0.440 e. The summed E-state index contributed by atoms with van der Waals surface area (Å²) in [7, 11) is 0. The number of non-ortho nitro benzene ring substituents is 1. The van der Waals surface area contributed by atoms with Crippen molar-refractivity contribution in [3.63, 3.8) is 0 Å². The summed E-state index contributed by atoms with van der Waals surface area (Å²) in [6.45, 7) is 5.12. The third kappa shape index (κ3) is 6.82. The summed E-state index contributed by atoms with van der Waals surface area (Å²) in [6, 6.07) is 37.6. The van der Waals surface area contributed by atoms with Crippen molar-refractivity contribution < 1.29 is 23.2 Å². The lowest BCUT2D eigenvalue weighted by Crippen LogP contribution is -2.36. The maximum Gasteiger partial charge on any atom is 0.278 e. The fourth-order valence-electron chi connectivity index (χ4n) is 8.87. The van der Waals surface area contributed by atoms with Crippen LogP contribution in [0.1, 0.15) is 0 Å². The molecule has 10 aromatic rings. The zero-order chi connectivity index (χ0) is 43.5. The van der Waals surface area contributed by atoms with Crippen molar-refractivity contribution in [2.24, 2.45) is 0 Å². The van der Waals surface area contributed by atoms with E-state index in [2.05, 4.69) is 17.0 Å². The van der Waals surface area contributed by atoms with Gasteiger partial charge in [0.05, 0.1) is 52.2 Å². The third-order valence-electron chi connectivity index (χ3n) is 12.0. The molecular formula is C50H38N4O8S2. The van der Waals surface area contributed by atoms with Crippen molar-refractivity contribution in [2.45, 2.75) is 0 Å². The van der Waals surface area contributed by atoms with Crippen molar-refractivity contribution in [2.75, 3.05) is 68.1 Å². The van der Waals surface area contributed by atoms with Gasteiger partial charge in [-0.1, -0.05) is 66.7 Å². The molecule has 64 heavy (non-hydrogen) atoms. The molecule has 2 aliphatic rings. The van der Waals surface area contributed by atoms with Crippen LogP contribution in [0.2, 0.25) is 0 Å². The maximum atomic E-state index is 13.0. The molecule has 12 nitrogen and oxygen atoms in total. The molecule has 0 unspecified atom stereocenters. The minimum absolute atomic E-state index is 0.0346. The number of anilines is 3. The van der Waals surface area contributed by atoms with Gasteiger partial charge in [-0.3, -0.25) is 19.7 Å². The number of fused-ring (bicyclic) bond motifs is 8. The Hall–Kier alpha value is -7.10. The number of ether oxygens (including phenoxy) is 2. The van der Waals surface area contributed by atoms with E-state index in [1.54, 1.807) is 35.6 Å². The molecule has 0 bridgehead atoms. The molecule has 0 aliphatic carbocycles. The molecule has 0 amide bonds. The van der Waals surface area contributed by atoms with Crippen molar-refractivity contribution in [3.05, 3.63) is 152 Å². The Bertz CT molecular complexity index is 3600. The molecule has 4 aromatic heterocycles. The van der Waals surface area contributed by atoms with Crippen LogP contribution in [0.3, 0.4) is 0 Å². The number of nitro benzene ring substituents is 1. The van der Waals surface area contributed by atoms with Crippen LogP contribution in [0.4, 0.5) is 23.1 Å². The van der Waals surface area contributed by atoms with E-state index in [-0.39, 0.29) is 21.5 Å². The van der Waals surface area contributed by atoms with E-state index in [0.29, 0.717) is 91.7 Å². The summed E-state index contributed by atoms with van der Waals surface area (Å²) in [4.78, 5) is 41.5. The lowest BCUT2D eigenvalue weighted by molar-refractivity contribution is -0.383. The first-order valence-electron chi connectivity index (χ1n) is 20.9. The molecule has 0 spiro atoms. The monoisotopic (exact) mass is 886 g/mol. The van der Waals surface area contributed by atoms with Crippen LogP contribution in [-0.2, 0) is 9.47 Å². The number of hydrogen-bond acceptors (Lipinski definition) is 13. The minimum Gasteiger partial charge on any atom is -0.440 e. The lowest BCUT2D eigenvalue weighted by atomic mass is 9.99. The fourth-order valence-corrected chi connectivity index (χ4v) is 11.4. The molecule has 0 atom stereocenters. The summed E-state index contributed by atoms with van der Waals surface area (Å²) in [5.74, 6) is 1.11. The molecule has 6 aromatic carbocycles. The number of thiophene rings is 2. The van der Waals surface area contributed by atoms with Gasteiger partial charge in [-0.05, 0) is 36.4 Å². The summed E-state index contributed by atoms with van der Waals surface area (Å²) < 4.78 is 27.6. The third-order valence-corrected chi connectivity index (χ3v) is 14.4. The number of para-hydroxylation sites is 2. The van der Waals surface area contributed by atoms with E-state index < -0.39 is 0 Å². The Morgan fingerprint density at radius 3 is 1.50 bits per heavy atom. The Morgan fingerprint density at radius 1 is 0.531 bits per heavy atom. The number of rotatable bonds is 5. The average Bonchev–Trinajstić information content (AvgIpc) is 3.92. The second kappa shape index (κ2) is 16.2. The molecule has 14 heteroatoms. The van der Waals surface area contributed by atoms with Crippen molar-refractivity contribution in [1.82, 2.24) is 0 Å². The van der Waals surface area contributed by atoms with Crippen LogP contribution in [0, 0.1) is 10.1 Å². The Balaban J connectivity index is 0.000000143. The van der Waals surface area contributed by atoms with Crippen molar-refractivity contribution in [1.29, 1.82) is 0 Å². The van der Waals surface area contributed by atoms with Gasteiger partial charge in [0.15, 0.2) is 22.6 Å². The van der Waals surface area contributed by atoms with E-state index in [1.807, 2.05) is 83.8 Å². The van der Waals surface area contributed by atoms with Gasteiger partial charge in [0.1, 0.15) is 11.2 Å². The average molecular weight is 887 g/mol. The van der Waals surface area contributed by atoms with Gasteiger partial charge in [0, 0.05) is 103 Å². The van der Waals surface area contributed by atoms with E-state index in [4.69, 9.17) is 24.0 Å². The number of hydrogen-bond donors (Lipinski definition) is 1. The fraction of sp³-hybridized carbons (Fsp3) is 0.160. The molecule has 6 heterocycles. The Kier molecular flexibility index (Phi) is 10.1. The lowest BCUT2D eigenvalue weighted by Gasteiger charge is -2.27. The van der Waals surface area contributed by atoms with E-state index in [1.165, 1.54) is 22.1 Å². The second-order valence-electron chi connectivity index (χ2n) is 15.7. The quantitative estimate of drug-likeness (QED) is 0.0997. The number of nitrogen functional groups attached to an aromatic ring is 1. The van der Waals surface area contributed by atoms with Gasteiger partial charge in [-0.15, -0.1) is 22.7 Å². The normalized spacial score (nSPS) is 14.5. The maximum absolute atomic E-state index is 13.0. The first-order chi connectivity index (χ1) is 31.3. The Labute approximate surface area is 372 Å². The SMILES string of the molecule is Nc1ccc(-c2cccc3c(=O)cc(N4CCOCC4)oc23)c2sc3ccccc3c12.O=c1cc(N2CCOCC2)oc2c(-c3ccc([N+](=O)[O-])c4c3sc3ccccc34)cccc12. The molecule has 2 aliphatic heterocycles. The zero-order valence-corrected chi connectivity index (χ0v) is 35.8. The molecule has 12 rings (SSSR count). The standard InChI is InChI=1S/C25H18N2O5S.C25H20N2O3S/c28-20-14-22(26-10-12-31-13-11-26)32-24-15(5-3-6-17(20)24)16-8-9-19(27(29)30)23-18-4-1-2-7-21(18)33-25(16)23;26-19-9-8-16(25-23(19)18-4-1-2-7-21(18)31-25)15-5-3-6-17-20(28)14-22(30-24(15)17)27-10-12-29-13-11-27/h1-9,14H,10-13H2;1-9,14H,10-13,26H2. The van der Waals surface area contributed by atoms with Gasteiger partial charge in [0.25, 0.3) is 5.69 Å².